The summed E-state index contributed by atoms with van der Waals surface area (Å²) in [6.07, 6.45) is 0. The summed E-state index contributed by atoms with van der Waals surface area (Å²) in [4.78, 5) is 0. The van der Waals surface area contributed by atoms with Crippen LogP contribution in [0.1, 0.15) is 0 Å². The molecular formula is C140H90N6O. The lowest BCUT2D eigenvalue weighted by atomic mass is 9.99. The van der Waals surface area contributed by atoms with E-state index in [0.717, 1.165) is 33.3 Å². The van der Waals surface area contributed by atoms with Crippen LogP contribution in [0.25, 0.3) is 275 Å². The molecule has 31 aromatic rings. The highest BCUT2D eigenvalue weighted by molar-refractivity contribution is 6.19. The summed E-state index contributed by atoms with van der Waals surface area (Å²) in [6.45, 7) is 0. The van der Waals surface area contributed by atoms with E-state index in [0.29, 0.717) is 0 Å². The molecule has 31 rings (SSSR count). The van der Waals surface area contributed by atoms with E-state index in [1.165, 1.54) is 242 Å². The first-order valence-electron chi connectivity index (χ1n) is 50.5. The van der Waals surface area contributed by atoms with Crippen LogP contribution in [0.2, 0.25) is 0 Å². The van der Waals surface area contributed by atoms with E-state index in [1.807, 2.05) is 12.1 Å². The van der Waals surface area contributed by atoms with Crippen LogP contribution in [0, 0.1) is 0 Å². The average Bonchev–Trinajstić information content (AvgIpc) is 1.60. The van der Waals surface area contributed by atoms with Crippen molar-refractivity contribution in [2.24, 2.45) is 0 Å². The van der Waals surface area contributed by atoms with Crippen LogP contribution in [-0.2, 0) is 0 Å². The predicted octanol–water partition coefficient (Wildman–Crippen LogP) is 37.9. The molecule has 0 aliphatic carbocycles. The van der Waals surface area contributed by atoms with Gasteiger partial charge in [-0.2, -0.15) is 0 Å². The number of hydrogen-bond acceptors (Lipinski definition) is 1. The van der Waals surface area contributed by atoms with Crippen molar-refractivity contribution in [1.29, 1.82) is 0 Å². The molecule has 24 aromatic carbocycles. The van der Waals surface area contributed by atoms with Gasteiger partial charge in [-0.1, -0.05) is 358 Å². The van der Waals surface area contributed by atoms with Crippen molar-refractivity contribution in [1.82, 2.24) is 27.4 Å². The molecule has 0 saturated carbocycles. The minimum Gasteiger partial charge on any atom is -0.456 e. The number of nitrogens with zero attached hydrogens (tertiary/aromatic N) is 6. The maximum absolute atomic E-state index is 6.30. The minimum atomic E-state index is 0.898. The van der Waals surface area contributed by atoms with Gasteiger partial charge in [0.15, 0.2) is 0 Å². The summed E-state index contributed by atoms with van der Waals surface area (Å²) in [5, 5.41) is 22.3. The van der Waals surface area contributed by atoms with Gasteiger partial charge in [-0.15, -0.1) is 0 Å². The second kappa shape index (κ2) is 34.7. The highest BCUT2D eigenvalue weighted by atomic mass is 16.3. The fourth-order valence-electron chi connectivity index (χ4n) is 23.5. The van der Waals surface area contributed by atoms with E-state index in [9.17, 15) is 0 Å². The maximum Gasteiger partial charge on any atom is 0.137 e. The van der Waals surface area contributed by atoms with Crippen molar-refractivity contribution in [3.63, 3.8) is 0 Å². The van der Waals surface area contributed by atoms with Gasteiger partial charge in [-0.25, -0.2) is 0 Å². The third kappa shape index (κ3) is 14.1. The van der Waals surface area contributed by atoms with Gasteiger partial charge in [0.25, 0.3) is 0 Å². The molecule has 7 heterocycles. The van der Waals surface area contributed by atoms with Crippen LogP contribution < -0.4 is 0 Å². The van der Waals surface area contributed by atoms with Gasteiger partial charge < -0.3 is 31.8 Å². The second-order valence-electron chi connectivity index (χ2n) is 38.5. The van der Waals surface area contributed by atoms with Crippen molar-refractivity contribution in [2.75, 3.05) is 0 Å². The first-order chi connectivity index (χ1) is 72.9. The molecule has 686 valence electrons. The molecule has 0 fully saturated rings. The largest absolute Gasteiger partial charge is 0.456 e. The van der Waals surface area contributed by atoms with Crippen molar-refractivity contribution in [3.8, 4) is 101 Å². The zero-order valence-corrected chi connectivity index (χ0v) is 80.1. The lowest BCUT2D eigenvalue weighted by molar-refractivity contribution is 0.668. The van der Waals surface area contributed by atoms with Crippen molar-refractivity contribution >= 4 is 174 Å². The first kappa shape index (κ1) is 84.3. The normalized spacial score (nSPS) is 11.8. The van der Waals surface area contributed by atoms with Crippen LogP contribution in [0.3, 0.4) is 0 Å². The number of para-hydroxylation sites is 9. The maximum atomic E-state index is 6.30. The Balaban J connectivity index is 0.000000104. The first-order valence-corrected chi connectivity index (χ1v) is 50.5. The number of rotatable bonds is 12. The van der Waals surface area contributed by atoms with E-state index in [4.69, 9.17) is 4.42 Å². The summed E-state index contributed by atoms with van der Waals surface area (Å²) in [6, 6.07) is 198. The third-order valence-corrected chi connectivity index (χ3v) is 30.3. The monoisotopic (exact) mass is 1870 g/mol. The van der Waals surface area contributed by atoms with Crippen LogP contribution >= 0.6 is 0 Å². The molecule has 7 aromatic heterocycles. The van der Waals surface area contributed by atoms with E-state index in [-0.39, 0.29) is 0 Å². The van der Waals surface area contributed by atoms with Crippen LogP contribution in [0.15, 0.2) is 550 Å². The lowest BCUT2D eigenvalue weighted by Gasteiger charge is -2.15. The molecule has 0 N–H and O–H groups in total. The summed E-state index contributed by atoms with van der Waals surface area (Å²) in [5.41, 5.74) is 37.8. The topological polar surface area (TPSA) is 42.7 Å². The van der Waals surface area contributed by atoms with Gasteiger partial charge in [0.05, 0.1) is 77.6 Å². The zero-order valence-electron chi connectivity index (χ0n) is 80.1. The van der Waals surface area contributed by atoms with Crippen LogP contribution in [-0.4, -0.2) is 27.4 Å². The molecule has 0 bridgehead atoms. The van der Waals surface area contributed by atoms with Gasteiger partial charge in [0, 0.05) is 115 Å². The molecule has 0 spiro atoms. The number of fused-ring (bicyclic) bond motifs is 23. The molecule has 0 amide bonds. The van der Waals surface area contributed by atoms with Crippen molar-refractivity contribution in [3.05, 3.63) is 546 Å². The Morgan fingerprint density at radius 1 is 0.116 bits per heavy atom. The summed E-state index contributed by atoms with van der Waals surface area (Å²) < 4.78 is 20.7. The molecular weight excluding hydrogens is 1780 g/mol. The standard InChI is InChI=1S/C48H30N2O.2C46H30N2/c1-2-12-31(13-3-1)35-14-4-8-18-42(35)50-44-20-10-6-16-37(44)41-29-33(23-27-46(41)50)32-22-26-45-40(28-32)36-15-5-9-19-43(36)49(45)34-24-25-39-38-17-7-11-21-47(38)51-48(39)30-34;1-3-13-31(14-4-1)35-27-34-15-7-8-18-37(34)46(30-35)48-43-22-12-10-20-39(43)41-29-33(24-26-45(41)48)32-23-25-44-40(28-32)38-19-9-11-21-42(38)47(44)36-16-5-2-6-17-36;1-2-10-31(11-3-1)33-18-23-37(24-19-33)47-43-16-8-6-14-39(43)41-29-35(21-26-45(41)47)36-22-27-46-42(30-36)40-15-7-9-17-44(40)48(46)38-25-20-32-12-4-5-13-34(32)28-38/h1-30H;2*1-30H. The van der Waals surface area contributed by atoms with Gasteiger partial charge in [-0.05, 0) is 259 Å². The van der Waals surface area contributed by atoms with Crippen LogP contribution in [0.4, 0.5) is 0 Å². The Kier molecular flexibility index (Phi) is 19.9. The molecule has 0 atom stereocenters. The predicted molar refractivity (Wildman–Crippen MR) is 620 cm³/mol. The van der Waals surface area contributed by atoms with Gasteiger partial charge in [-0.3, -0.25) is 0 Å². The fourth-order valence-corrected chi connectivity index (χ4v) is 23.5. The minimum absolute atomic E-state index is 0.898. The van der Waals surface area contributed by atoms with Gasteiger partial charge >= 0.3 is 0 Å². The second-order valence-corrected chi connectivity index (χ2v) is 38.5. The molecule has 147 heavy (non-hydrogen) atoms. The number of furan rings is 1. The van der Waals surface area contributed by atoms with Gasteiger partial charge in [0.1, 0.15) is 11.2 Å². The highest BCUT2D eigenvalue weighted by Crippen LogP contribution is 2.47. The Labute approximate surface area is 846 Å². The third-order valence-electron chi connectivity index (χ3n) is 30.3. The van der Waals surface area contributed by atoms with E-state index >= 15 is 0 Å². The number of aromatic nitrogens is 6. The molecule has 0 unspecified atom stereocenters. The van der Waals surface area contributed by atoms with E-state index < -0.39 is 0 Å². The van der Waals surface area contributed by atoms with Crippen molar-refractivity contribution in [2.45, 2.75) is 0 Å². The molecule has 0 saturated heterocycles. The number of benzene rings is 24. The molecule has 0 aliphatic heterocycles. The molecule has 0 radical (unpaired) electrons. The Bertz CT molecular complexity index is 10700. The van der Waals surface area contributed by atoms with Crippen molar-refractivity contribution < 1.29 is 4.42 Å². The Morgan fingerprint density at radius 2 is 0.401 bits per heavy atom. The molecule has 0 aliphatic rings. The summed E-state index contributed by atoms with van der Waals surface area (Å²) >= 11 is 0. The average molecular weight is 1870 g/mol. The zero-order chi connectivity index (χ0) is 96.7. The highest BCUT2D eigenvalue weighted by Gasteiger charge is 2.25. The van der Waals surface area contributed by atoms with Gasteiger partial charge in [0.2, 0.25) is 0 Å². The quantitative estimate of drug-likeness (QED) is 0.120. The van der Waals surface area contributed by atoms with E-state index in [2.05, 4.69) is 561 Å². The Morgan fingerprint density at radius 3 is 0.857 bits per heavy atom. The SMILES string of the molecule is c1ccc(-c2cc(-n3c4ccccc4c4cc(-c5ccc6c(c5)c5ccccc5n6-c5ccccc5)ccc43)c3ccccc3c2)cc1.c1ccc(-c2ccc(-n3c4ccccc4c4cc(-c5ccc6c(c5)c5ccccc5n6-c5ccc6ccccc6c5)ccc43)cc2)cc1.c1ccc(-c2ccccc2-n2c3ccccc3c3cc(-c4ccc5c(c4)c4ccccc4n5-c4ccc5c(c4)oc4ccccc45)ccc32)cc1. The smallest absolute Gasteiger partial charge is 0.137 e. The Hall–Kier alpha value is -19.6. The van der Waals surface area contributed by atoms with E-state index in [1.54, 1.807) is 0 Å². The number of hydrogen-bond donors (Lipinski definition) is 0. The summed E-state index contributed by atoms with van der Waals surface area (Å²) in [5.74, 6) is 0. The van der Waals surface area contributed by atoms with Crippen LogP contribution in [0.5, 0.6) is 0 Å². The molecule has 7 nitrogen and oxygen atoms in total. The lowest BCUT2D eigenvalue weighted by Crippen LogP contribution is -1.97. The fraction of sp³-hybridized carbons (Fsp3) is 0. The molecule has 7 heteroatoms. The summed E-state index contributed by atoms with van der Waals surface area (Å²) in [7, 11) is 0.